The molecule has 3 rings (SSSR count). The maximum atomic E-state index is 12.9. The van der Waals surface area contributed by atoms with E-state index in [-0.39, 0.29) is 11.8 Å². The number of carbonyl (C=O) groups is 2. The molecule has 0 unspecified atom stereocenters. The first-order valence-corrected chi connectivity index (χ1v) is 10.1. The summed E-state index contributed by atoms with van der Waals surface area (Å²) in [6.07, 6.45) is 8.35. The van der Waals surface area contributed by atoms with E-state index in [9.17, 15) is 9.59 Å². The third-order valence-corrected chi connectivity index (χ3v) is 5.55. The molecule has 0 N–H and O–H groups in total. The Balaban J connectivity index is 1.63. The molecule has 6 heteroatoms. The largest absolute Gasteiger partial charge is 0.493 e. The summed E-state index contributed by atoms with van der Waals surface area (Å²) in [5.74, 6) is 1.19. The molecule has 6 nitrogen and oxygen atoms in total. The van der Waals surface area contributed by atoms with Gasteiger partial charge >= 0.3 is 0 Å². The second-order valence-corrected chi connectivity index (χ2v) is 7.40. The Morgan fingerprint density at radius 2 is 1.54 bits per heavy atom. The van der Waals surface area contributed by atoms with Crippen molar-refractivity contribution in [1.29, 1.82) is 0 Å². The molecular formula is C22H30N2O4. The molecule has 1 aliphatic heterocycles. The Morgan fingerprint density at radius 3 is 2.25 bits per heavy atom. The summed E-state index contributed by atoms with van der Waals surface area (Å²) in [5, 5.41) is 0. The van der Waals surface area contributed by atoms with Gasteiger partial charge in [0, 0.05) is 37.8 Å². The molecule has 0 spiro atoms. The summed E-state index contributed by atoms with van der Waals surface area (Å²) in [6, 6.07) is 5.21. The number of ether oxygens (including phenoxy) is 2. The van der Waals surface area contributed by atoms with Gasteiger partial charge in [-0.1, -0.05) is 12.0 Å². The first-order valence-electron chi connectivity index (χ1n) is 10.1. The van der Waals surface area contributed by atoms with Crippen molar-refractivity contribution in [2.45, 2.75) is 38.5 Å². The van der Waals surface area contributed by atoms with Crippen LogP contribution in [0.4, 0.5) is 0 Å². The molecule has 2 amide bonds. The molecule has 28 heavy (non-hydrogen) atoms. The summed E-state index contributed by atoms with van der Waals surface area (Å²) in [7, 11) is 3.13. The van der Waals surface area contributed by atoms with Crippen molar-refractivity contribution >= 4 is 11.8 Å². The van der Waals surface area contributed by atoms with Crippen LogP contribution in [0.15, 0.2) is 29.8 Å². The summed E-state index contributed by atoms with van der Waals surface area (Å²) in [4.78, 5) is 29.3. The number of rotatable bonds is 4. The van der Waals surface area contributed by atoms with Gasteiger partial charge < -0.3 is 19.3 Å². The predicted molar refractivity (Wildman–Crippen MR) is 108 cm³/mol. The first kappa shape index (κ1) is 20.2. The maximum absolute atomic E-state index is 12.9. The maximum Gasteiger partial charge on any atom is 0.254 e. The summed E-state index contributed by atoms with van der Waals surface area (Å²) in [5.41, 5.74) is 1.85. The highest BCUT2D eigenvalue weighted by Gasteiger charge is 2.23. The van der Waals surface area contributed by atoms with Crippen molar-refractivity contribution in [3.63, 3.8) is 0 Å². The van der Waals surface area contributed by atoms with Crippen molar-refractivity contribution in [3.05, 3.63) is 35.4 Å². The van der Waals surface area contributed by atoms with Gasteiger partial charge in [-0.25, -0.2) is 0 Å². The molecule has 2 aliphatic rings. The molecule has 2 fully saturated rings. The first-order chi connectivity index (χ1) is 13.6. The van der Waals surface area contributed by atoms with E-state index in [2.05, 4.69) is 0 Å². The van der Waals surface area contributed by atoms with E-state index >= 15 is 0 Å². The van der Waals surface area contributed by atoms with Gasteiger partial charge in [0.1, 0.15) is 0 Å². The third kappa shape index (κ3) is 4.86. The minimum atomic E-state index is -0.0408. The van der Waals surface area contributed by atoms with E-state index < -0.39 is 0 Å². The molecule has 0 atom stereocenters. The Labute approximate surface area is 167 Å². The van der Waals surface area contributed by atoms with Crippen molar-refractivity contribution in [3.8, 4) is 11.5 Å². The molecule has 152 valence electrons. The zero-order valence-corrected chi connectivity index (χ0v) is 16.9. The topological polar surface area (TPSA) is 59.1 Å². The molecule has 0 aromatic heterocycles. The van der Waals surface area contributed by atoms with Gasteiger partial charge in [-0.15, -0.1) is 0 Å². The zero-order valence-electron chi connectivity index (χ0n) is 16.9. The normalized spacial score (nSPS) is 17.7. The van der Waals surface area contributed by atoms with E-state index in [1.807, 2.05) is 15.9 Å². The minimum Gasteiger partial charge on any atom is -0.493 e. The molecule has 1 aliphatic carbocycles. The van der Waals surface area contributed by atoms with Gasteiger partial charge in [-0.3, -0.25) is 9.59 Å². The van der Waals surface area contributed by atoms with Crippen LogP contribution in [-0.2, 0) is 4.79 Å². The van der Waals surface area contributed by atoms with Crippen molar-refractivity contribution in [2.24, 2.45) is 0 Å². The average Bonchev–Trinajstić information content (AvgIpc) is 3.00. The van der Waals surface area contributed by atoms with Crippen LogP contribution < -0.4 is 9.47 Å². The van der Waals surface area contributed by atoms with Gasteiger partial charge in [0.05, 0.1) is 14.2 Å². The fraction of sp³-hybridized carbons (Fsp3) is 0.545. The molecule has 1 heterocycles. The lowest BCUT2D eigenvalue weighted by Gasteiger charge is -2.22. The monoisotopic (exact) mass is 386 g/mol. The smallest absolute Gasteiger partial charge is 0.254 e. The number of hydrogen-bond donors (Lipinski definition) is 0. The fourth-order valence-electron chi connectivity index (χ4n) is 3.91. The van der Waals surface area contributed by atoms with Gasteiger partial charge in [0.2, 0.25) is 5.91 Å². The standard InChI is InChI=1S/C22H30N2O4/c1-27-19-10-9-18(16-20(19)28-2)22(26)24-12-6-11-23(13-14-24)21(25)15-17-7-4-3-5-8-17/h9-10,15-16H,3-8,11-14H2,1-2H3. The molecule has 1 saturated heterocycles. The molecule has 1 saturated carbocycles. The Hall–Kier alpha value is -2.50. The number of allylic oxidation sites excluding steroid dienone is 1. The number of benzene rings is 1. The van der Waals surface area contributed by atoms with E-state index in [1.54, 1.807) is 32.4 Å². The van der Waals surface area contributed by atoms with Gasteiger partial charge in [-0.05, 0) is 50.3 Å². The van der Waals surface area contributed by atoms with Crippen LogP contribution in [0.1, 0.15) is 48.9 Å². The van der Waals surface area contributed by atoms with E-state index in [0.29, 0.717) is 43.2 Å². The quantitative estimate of drug-likeness (QED) is 0.745. The Bertz CT molecular complexity index is 736. The van der Waals surface area contributed by atoms with Crippen molar-refractivity contribution in [2.75, 3.05) is 40.4 Å². The molecule has 1 aromatic carbocycles. The van der Waals surface area contributed by atoms with E-state index in [0.717, 1.165) is 19.3 Å². The van der Waals surface area contributed by atoms with Gasteiger partial charge in [-0.2, -0.15) is 0 Å². The van der Waals surface area contributed by atoms with Crippen LogP contribution in [0.2, 0.25) is 0 Å². The van der Waals surface area contributed by atoms with Crippen LogP contribution in [-0.4, -0.2) is 62.0 Å². The van der Waals surface area contributed by atoms with Gasteiger partial charge in [0.25, 0.3) is 5.91 Å². The highest BCUT2D eigenvalue weighted by molar-refractivity contribution is 5.95. The summed E-state index contributed by atoms with van der Waals surface area (Å²) < 4.78 is 10.5. The second-order valence-electron chi connectivity index (χ2n) is 7.40. The molecule has 0 radical (unpaired) electrons. The van der Waals surface area contributed by atoms with Gasteiger partial charge in [0.15, 0.2) is 11.5 Å². The van der Waals surface area contributed by atoms with E-state index in [1.165, 1.54) is 24.8 Å². The lowest BCUT2D eigenvalue weighted by Crippen LogP contribution is -2.37. The van der Waals surface area contributed by atoms with Crippen LogP contribution in [0, 0.1) is 0 Å². The third-order valence-electron chi connectivity index (χ3n) is 5.55. The van der Waals surface area contributed by atoms with Crippen LogP contribution in [0.5, 0.6) is 11.5 Å². The average molecular weight is 386 g/mol. The van der Waals surface area contributed by atoms with Crippen LogP contribution in [0.3, 0.4) is 0 Å². The Morgan fingerprint density at radius 1 is 0.857 bits per heavy atom. The second kappa shape index (κ2) is 9.62. The SMILES string of the molecule is COc1ccc(C(=O)N2CCCN(C(=O)C=C3CCCCC3)CC2)cc1OC. The van der Waals surface area contributed by atoms with Crippen LogP contribution in [0.25, 0.3) is 0 Å². The zero-order chi connectivity index (χ0) is 19.9. The highest BCUT2D eigenvalue weighted by atomic mass is 16.5. The molecular weight excluding hydrogens is 356 g/mol. The van der Waals surface area contributed by atoms with E-state index in [4.69, 9.17) is 9.47 Å². The summed E-state index contributed by atoms with van der Waals surface area (Å²) in [6.45, 7) is 2.45. The molecule has 1 aromatic rings. The fourth-order valence-corrected chi connectivity index (χ4v) is 3.91. The number of nitrogens with zero attached hydrogens (tertiary/aromatic N) is 2. The number of carbonyl (C=O) groups excluding carboxylic acids is 2. The molecule has 0 bridgehead atoms. The predicted octanol–water partition coefficient (Wildman–Crippen LogP) is 3.27. The minimum absolute atomic E-state index is 0.0408. The Kier molecular flexibility index (Phi) is 6.95. The number of methoxy groups -OCH3 is 2. The highest BCUT2D eigenvalue weighted by Crippen LogP contribution is 2.28. The lowest BCUT2D eigenvalue weighted by atomic mass is 9.94. The van der Waals surface area contributed by atoms with Crippen molar-refractivity contribution < 1.29 is 19.1 Å². The lowest BCUT2D eigenvalue weighted by molar-refractivity contribution is -0.126. The van der Waals surface area contributed by atoms with Crippen molar-refractivity contribution in [1.82, 2.24) is 9.80 Å². The summed E-state index contributed by atoms with van der Waals surface area (Å²) >= 11 is 0. The number of amides is 2. The number of hydrogen-bond acceptors (Lipinski definition) is 4. The van der Waals surface area contributed by atoms with Crippen LogP contribution >= 0.6 is 0 Å².